The minimum absolute atomic E-state index is 0.0801. The van der Waals surface area contributed by atoms with Gasteiger partial charge in [-0.15, -0.1) is 0 Å². The number of hydrogen-bond donors (Lipinski definition) is 1. The van der Waals surface area contributed by atoms with E-state index in [1.165, 1.54) is 15.5 Å². The molecule has 0 unspecified atom stereocenters. The molecule has 0 atom stereocenters. The summed E-state index contributed by atoms with van der Waals surface area (Å²) in [6.07, 6.45) is 0. The monoisotopic (exact) mass is 526 g/mol. The SMILES string of the molecule is O=C([O-])c1ccc(C(=O)O)c(-c2c3ccc(=[N+]4CC(F)(F)C4)cc-3oc3cc(N4CC(F)(F)C4)ccc23)c1. The number of alkyl halides is 4. The van der Waals surface area contributed by atoms with E-state index in [-0.39, 0.29) is 28.0 Å². The summed E-state index contributed by atoms with van der Waals surface area (Å²) >= 11 is 0. The number of halogens is 4. The van der Waals surface area contributed by atoms with Gasteiger partial charge in [0.15, 0.2) is 0 Å². The first-order chi connectivity index (χ1) is 17.9. The van der Waals surface area contributed by atoms with Gasteiger partial charge >= 0.3 is 11.9 Å². The van der Waals surface area contributed by atoms with Gasteiger partial charge in [-0.3, -0.25) is 0 Å². The van der Waals surface area contributed by atoms with E-state index in [0.29, 0.717) is 27.6 Å². The van der Waals surface area contributed by atoms with Crippen molar-refractivity contribution in [1.82, 2.24) is 4.58 Å². The Balaban J connectivity index is 1.64. The standard InChI is InChI=1S/C27H18F4N2O5/c28-26(29)10-32(11-26)15-2-5-18-21(8-15)38-22-9-16(33-12-27(30,31)13-33)3-6-19(22)23(18)20-7-14(24(34)35)1-4-17(20)25(36)37/h1-9H,10-13H2,(H-,34,35,36,37). The Hall–Kier alpha value is -4.41. The molecule has 0 spiro atoms. The molecule has 0 radical (unpaired) electrons. The number of carboxylic acid groups (broad SMARTS) is 2. The number of carbonyl (C=O) groups excluding carboxylic acids is 1. The van der Waals surface area contributed by atoms with E-state index in [0.717, 1.165) is 12.1 Å². The van der Waals surface area contributed by atoms with Crippen molar-refractivity contribution in [3.05, 3.63) is 71.1 Å². The Labute approximate surface area is 211 Å². The minimum Gasteiger partial charge on any atom is -0.545 e. The highest BCUT2D eigenvalue weighted by Crippen LogP contribution is 2.43. The molecule has 0 aromatic heterocycles. The number of benzene rings is 3. The normalized spacial score (nSPS) is 17.8. The quantitative estimate of drug-likeness (QED) is 0.249. The third-order valence-electron chi connectivity index (χ3n) is 6.86. The van der Waals surface area contributed by atoms with Crippen LogP contribution in [-0.4, -0.2) is 55.1 Å². The molecule has 2 aromatic rings. The third kappa shape index (κ3) is 3.94. The van der Waals surface area contributed by atoms with Crippen molar-refractivity contribution in [3.63, 3.8) is 0 Å². The van der Waals surface area contributed by atoms with Gasteiger partial charge in [-0.2, -0.15) is 8.78 Å². The summed E-state index contributed by atoms with van der Waals surface area (Å²) < 4.78 is 61.5. The summed E-state index contributed by atoms with van der Waals surface area (Å²) in [5.41, 5.74) is 1.08. The van der Waals surface area contributed by atoms with Crippen molar-refractivity contribution in [2.75, 3.05) is 31.1 Å². The van der Waals surface area contributed by atoms with E-state index in [2.05, 4.69) is 0 Å². The zero-order chi connectivity index (χ0) is 27.0. The lowest BCUT2D eigenvalue weighted by atomic mass is 9.89. The van der Waals surface area contributed by atoms with Gasteiger partial charge in [0.25, 0.3) is 5.92 Å². The first-order valence-corrected chi connectivity index (χ1v) is 11.6. The Morgan fingerprint density at radius 3 is 2.29 bits per heavy atom. The summed E-state index contributed by atoms with van der Waals surface area (Å²) in [6.45, 7) is -1.88. The Bertz CT molecular complexity index is 1690. The summed E-state index contributed by atoms with van der Waals surface area (Å²) in [5.74, 6) is -8.20. The number of hydrogen-bond acceptors (Lipinski definition) is 5. The van der Waals surface area contributed by atoms with Crippen molar-refractivity contribution in [2.45, 2.75) is 11.8 Å². The van der Waals surface area contributed by atoms with Gasteiger partial charge in [0.1, 0.15) is 11.3 Å². The molecule has 6 rings (SSSR count). The maximum atomic E-state index is 13.5. The van der Waals surface area contributed by atoms with E-state index in [1.807, 2.05) is 0 Å². The van der Waals surface area contributed by atoms with Crippen molar-refractivity contribution in [1.29, 1.82) is 0 Å². The van der Waals surface area contributed by atoms with Gasteiger partial charge in [0.2, 0.25) is 18.4 Å². The van der Waals surface area contributed by atoms with Crippen molar-refractivity contribution < 1.29 is 41.8 Å². The second kappa shape index (κ2) is 8.04. The van der Waals surface area contributed by atoms with Crippen LogP contribution in [0.3, 0.4) is 0 Å². The van der Waals surface area contributed by atoms with Gasteiger partial charge in [0, 0.05) is 34.3 Å². The molecule has 194 valence electrons. The molecule has 3 aliphatic heterocycles. The maximum Gasteiger partial charge on any atom is 0.361 e. The summed E-state index contributed by atoms with van der Waals surface area (Å²) in [6, 6.07) is 13.0. The second-order valence-corrected chi connectivity index (χ2v) is 9.61. The van der Waals surface area contributed by atoms with Crippen LogP contribution in [0, 0.1) is 0 Å². The average Bonchev–Trinajstić information content (AvgIpc) is 2.83. The van der Waals surface area contributed by atoms with E-state index < -0.39 is 50.0 Å². The first kappa shape index (κ1) is 24.0. The van der Waals surface area contributed by atoms with Crippen LogP contribution >= 0.6 is 0 Å². The molecule has 38 heavy (non-hydrogen) atoms. The Morgan fingerprint density at radius 2 is 1.66 bits per heavy atom. The van der Waals surface area contributed by atoms with Gasteiger partial charge in [-0.25, -0.2) is 18.2 Å². The molecule has 11 heteroatoms. The maximum absolute atomic E-state index is 13.5. The van der Waals surface area contributed by atoms with E-state index in [1.54, 1.807) is 36.4 Å². The van der Waals surface area contributed by atoms with Crippen LogP contribution in [-0.2, 0) is 0 Å². The molecule has 0 bridgehead atoms. The van der Waals surface area contributed by atoms with Crippen LogP contribution in [0.25, 0.3) is 33.4 Å². The highest BCUT2D eigenvalue weighted by molar-refractivity contribution is 6.09. The highest BCUT2D eigenvalue weighted by Gasteiger charge is 2.50. The van der Waals surface area contributed by atoms with E-state index >= 15 is 0 Å². The smallest absolute Gasteiger partial charge is 0.361 e. The fourth-order valence-corrected chi connectivity index (χ4v) is 5.01. The molecule has 1 aliphatic carbocycles. The van der Waals surface area contributed by atoms with Crippen LogP contribution < -0.4 is 19.9 Å². The molecule has 2 fully saturated rings. The number of aromatic carboxylic acids is 2. The summed E-state index contributed by atoms with van der Waals surface area (Å²) in [7, 11) is 0. The van der Waals surface area contributed by atoms with Crippen molar-refractivity contribution >= 4 is 28.6 Å². The molecular formula is C27H18F4N2O5. The molecule has 0 saturated carbocycles. The van der Waals surface area contributed by atoms with E-state index in [9.17, 15) is 37.4 Å². The lowest BCUT2D eigenvalue weighted by Gasteiger charge is -2.40. The summed E-state index contributed by atoms with van der Waals surface area (Å²) in [5, 5.41) is 22.3. The van der Waals surface area contributed by atoms with Crippen molar-refractivity contribution in [2.24, 2.45) is 0 Å². The number of rotatable bonds is 4. The minimum atomic E-state index is -2.81. The molecule has 1 N–H and O–H groups in total. The average molecular weight is 526 g/mol. The molecular weight excluding hydrogens is 508 g/mol. The van der Waals surface area contributed by atoms with Gasteiger partial charge < -0.3 is 24.3 Å². The third-order valence-corrected chi connectivity index (χ3v) is 6.86. The topological polar surface area (TPSA) is 96.8 Å². The first-order valence-electron chi connectivity index (χ1n) is 11.6. The zero-order valence-electron chi connectivity index (χ0n) is 19.5. The lowest BCUT2D eigenvalue weighted by Crippen LogP contribution is -2.57. The summed E-state index contributed by atoms with van der Waals surface area (Å²) in [4.78, 5) is 25.2. The number of nitrogens with zero attached hydrogens (tertiary/aromatic N) is 2. The largest absolute Gasteiger partial charge is 0.545 e. The van der Waals surface area contributed by atoms with Crippen LogP contribution in [0.5, 0.6) is 0 Å². The Kier molecular flexibility index (Phi) is 5.07. The van der Waals surface area contributed by atoms with Crippen LogP contribution in [0.4, 0.5) is 23.2 Å². The van der Waals surface area contributed by atoms with Crippen LogP contribution in [0.15, 0.2) is 59.0 Å². The number of anilines is 1. The molecule has 0 amide bonds. The van der Waals surface area contributed by atoms with Gasteiger partial charge in [-0.1, -0.05) is 6.07 Å². The molecule has 2 saturated heterocycles. The fourth-order valence-electron chi connectivity index (χ4n) is 5.01. The van der Waals surface area contributed by atoms with E-state index in [4.69, 9.17) is 4.42 Å². The molecule has 2 aromatic carbocycles. The van der Waals surface area contributed by atoms with Gasteiger partial charge in [0.05, 0.1) is 30.7 Å². The predicted octanol–water partition coefficient (Wildman–Crippen LogP) is 3.14. The zero-order valence-corrected chi connectivity index (χ0v) is 19.5. The number of carbonyl (C=O) groups is 2. The Morgan fingerprint density at radius 1 is 0.921 bits per heavy atom. The van der Waals surface area contributed by atoms with Gasteiger partial charge in [-0.05, 0) is 41.5 Å². The van der Waals surface area contributed by atoms with Crippen LogP contribution in [0.1, 0.15) is 20.7 Å². The number of fused-ring (bicyclic) bond motifs is 2. The molecule has 7 nitrogen and oxygen atoms in total. The van der Waals surface area contributed by atoms with Crippen LogP contribution in [0.2, 0.25) is 0 Å². The molecule has 3 heterocycles. The number of carboxylic acids is 2. The predicted molar refractivity (Wildman–Crippen MR) is 127 cm³/mol. The van der Waals surface area contributed by atoms with Crippen molar-refractivity contribution in [3.8, 4) is 22.5 Å². The highest BCUT2D eigenvalue weighted by atomic mass is 19.3. The fraction of sp³-hybridized carbons (Fsp3) is 0.222. The second-order valence-electron chi connectivity index (χ2n) is 9.61. The molecule has 4 aliphatic rings. The lowest BCUT2D eigenvalue weighted by molar-refractivity contribution is -0.255.